The number of aromatic carboxylic acids is 1. The fourth-order valence-electron chi connectivity index (χ4n) is 2.76. The molecule has 0 saturated carbocycles. The van der Waals surface area contributed by atoms with Gasteiger partial charge in [0.25, 0.3) is 11.8 Å². The Morgan fingerprint density at radius 2 is 1.77 bits per heavy atom. The highest BCUT2D eigenvalue weighted by atomic mass is 16.5. The van der Waals surface area contributed by atoms with Crippen LogP contribution in [0.25, 0.3) is 0 Å². The Morgan fingerprint density at radius 1 is 1.08 bits per heavy atom. The number of anilines is 1. The summed E-state index contributed by atoms with van der Waals surface area (Å²) in [5.74, 6) is -1.60. The van der Waals surface area contributed by atoms with Gasteiger partial charge in [0.1, 0.15) is 0 Å². The zero-order valence-corrected chi connectivity index (χ0v) is 14.2. The largest absolute Gasteiger partial charge is 0.478 e. The summed E-state index contributed by atoms with van der Waals surface area (Å²) < 4.78 is 4.94. The van der Waals surface area contributed by atoms with E-state index < -0.39 is 5.97 Å². The summed E-state index contributed by atoms with van der Waals surface area (Å²) >= 11 is 0. The van der Waals surface area contributed by atoms with E-state index >= 15 is 0 Å². The zero-order chi connectivity index (χ0) is 18.7. The van der Waals surface area contributed by atoms with Crippen molar-refractivity contribution in [2.24, 2.45) is 0 Å². The van der Waals surface area contributed by atoms with Gasteiger partial charge in [-0.2, -0.15) is 0 Å². The Labute approximate surface area is 150 Å². The molecule has 2 aromatic carbocycles. The van der Waals surface area contributed by atoms with E-state index in [1.807, 2.05) is 0 Å². The minimum absolute atomic E-state index is 0.224. The number of amides is 2. The van der Waals surface area contributed by atoms with E-state index in [2.05, 4.69) is 5.32 Å². The molecule has 0 atom stereocenters. The number of fused-ring (bicyclic) bond motifs is 1. The molecule has 26 heavy (non-hydrogen) atoms. The second-order valence-electron chi connectivity index (χ2n) is 5.87. The Kier molecular flexibility index (Phi) is 4.99. The molecule has 134 valence electrons. The first-order valence-corrected chi connectivity index (χ1v) is 8.06. The molecule has 0 unspecified atom stereocenters. The van der Waals surface area contributed by atoms with Crippen LogP contribution in [0.3, 0.4) is 0 Å². The summed E-state index contributed by atoms with van der Waals surface area (Å²) in [7, 11) is 1.52. The van der Waals surface area contributed by atoms with Crippen molar-refractivity contribution < 1.29 is 24.2 Å². The van der Waals surface area contributed by atoms with E-state index in [1.165, 1.54) is 24.1 Å². The predicted molar refractivity (Wildman–Crippen MR) is 94.4 cm³/mol. The van der Waals surface area contributed by atoms with Crippen molar-refractivity contribution in [2.75, 3.05) is 25.6 Å². The van der Waals surface area contributed by atoms with Crippen LogP contribution in [0.15, 0.2) is 42.5 Å². The van der Waals surface area contributed by atoms with Crippen molar-refractivity contribution in [3.8, 4) is 0 Å². The SMILES string of the molecule is COCCN1C(=O)c2ccc(NCc3ccc(C(=O)O)cc3)cc2C1=O. The molecule has 0 spiro atoms. The van der Waals surface area contributed by atoms with Crippen LogP contribution in [0.5, 0.6) is 0 Å². The maximum Gasteiger partial charge on any atom is 0.335 e. The first-order valence-electron chi connectivity index (χ1n) is 8.06. The molecule has 0 aliphatic carbocycles. The minimum Gasteiger partial charge on any atom is -0.478 e. The third-order valence-corrected chi connectivity index (χ3v) is 4.19. The normalized spacial score (nSPS) is 13.0. The van der Waals surface area contributed by atoms with Gasteiger partial charge in [-0.3, -0.25) is 14.5 Å². The molecule has 0 aromatic heterocycles. The van der Waals surface area contributed by atoms with Gasteiger partial charge >= 0.3 is 5.97 Å². The van der Waals surface area contributed by atoms with Gasteiger partial charge in [-0.1, -0.05) is 12.1 Å². The van der Waals surface area contributed by atoms with E-state index in [9.17, 15) is 14.4 Å². The number of benzene rings is 2. The molecule has 1 aliphatic heterocycles. The quantitative estimate of drug-likeness (QED) is 0.741. The Bertz CT molecular complexity index is 861. The maximum absolute atomic E-state index is 12.4. The van der Waals surface area contributed by atoms with Crippen molar-refractivity contribution in [3.05, 3.63) is 64.7 Å². The molecule has 3 rings (SSSR count). The number of hydrogen-bond donors (Lipinski definition) is 2. The second kappa shape index (κ2) is 7.37. The lowest BCUT2D eigenvalue weighted by Gasteiger charge is -2.12. The number of carboxylic acids is 1. The number of ether oxygens (including phenoxy) is 1. The third-order valence-electron chi connectivity index (χ3n) is 4.19. The molecule has 1 aliphatic rings. The maximum atomic E-state index is 12.4. The molecule has 0 radical (unpaired) electrons. The fourth-order valence-corrected chi connectivity index (χ4v) is 2.76. The zero-order valence-electron chi connectivity index (χ0n) is 14.2. The Morgan fingerprint density at radius 3 is 2.42 bits per heavy atom. The Hall–Kier alpha value is -3.19. The molecular formula is C19H18N2O5. The molecular weight excluding hydrogens is 336 g/mol. The van der Waals surface area contributed by atoms with Gasteiger partial charge < -0.3 is 15.2 Å². The van der Waals surface area contributed by atoms with Gasteiger partial charge in [-0.15, -0.1) is 0 Å². The molecule has 0 saturated heterocycles. The highest BCUT2D eigenvalue weighted by Gasteiger charge is 2.35. The molecule has 2 aromatic rings. The molecule has 0 bridgehead atoms. The van der Waals surface area contributed by atoms with Crippen molar-refractivity contribution in [1.29, 1.82) is 0 Å². The van der Waals surface area contributed by atoms with E-state index in [0.29, 0.717) is 30.0 Å². The van der Waals surface area contributed by atoms with Crippen molar-refractivity contribution in [3.63, 3.8) is 0 Å². The lowest BCUT2D eigenvalue weighted by Crippen LogP contribution is -2.32. The van der Waals surface area contributed by atoms with Crippen LogP contribution in [-0.2, 0) is 11.3 Å². The van der Waals surface area contributed by atoms with Crippen LogP contribution in [-0.4, -0.2) is 48.1 Å². The average molecular weight is 354 g/mol. The summed E-state index contributed by atoms with van der Waals surface area (Å²) in [6.45, 7) is 0.985. The first-order chi connectivity index (χ1) is 12.5. The van der Waals surface area contributed by atoms with Gasteiger partial charge in [0.15, 0.2) is 0 Å². The predicted octanol–water partition coefficient (Wildman–Crippen LogP) is 2.24. The molecule has 1 heterocycles. The molecule has 7 heteroatoms. The van der Waals surface area contributed by atoms with E-state index in [1.54, 1.807) is 30.3 Å². The minimum atomic E-state index is -0.968. The van der Waals surface area contributed by atoms with Crippen LogP contribution < -0.4 is 5.32 Å². The monoisotopic (exact) mass is 354 g/mol. The number of hydrogen-bond acceptors (Lipinski definition) is 5. The van der Waals surface area contributed by atoms with Gasteiger partial charge in [0, 0.05) is 19.3 Å². The number of methoxy groups -OCH3 is 1. The topological polar surface area (TPSA) is 95.9 Å². The number of carboxylic acid groups (broad SMARTS) is 1. The lowest BCUT2D eigenvalue weighted by atomic mass is 10.1. The smallest absolute Gasteiger partial charge is 0.335 e. The van der Waals surface area contributed by atoms with Crippen LogP contribution >= 0.6 is 0 Å². The highest BCUT2D eigenvalue weighted by Crippen LogP contribution is 2.26. The third kappa shape index (κ3) is 3.43. The van der Waals surface area contributed by atoms with Gasteiger partial charge in [-0.25, -0.2) is 4.79 Å². The number of imide groups is 1. The fraction of sp³-hybridized carbons (Fsp3) is 0.211. The van der Waals surface area contributed by atoms with E-state index in [-0.39, 0.29) is 23.9 Å². The number of carbonyl (C=O) groups excluding carboxylic acids is 2. The summed E-state index contributed by atoms with van der Waals surface area (Å²) in [6.07, 6.45) is 0. The lowest BCUT2D eigenvalue weighted by molar-refractivity contribution is 0.0601. The number of nitrogens with zero attached hydrogens (tertiary/aromatic N) is 1. The number of rotatable bonds is 7. The summed E-state index contributed by atoms with van der Waals surface area (Å²) in [5, 5.41) is 12.1. The summed E-state index contributed by atoms with van der Waals surface area (Å²) in [5.41, 5.74) is 2.60. The van der Waals surface area contributed by atoms with E-state index in [4.69, 9.17) is 9.84 Å². The molecule has 0 fully saturated rings. The van der Waals surface area contributed by atoms with Crippen LogP contribution in [0.2, 0.25) is 0 Å². The van der Waals surface area contributed by atoms with Gasteiger partial charge in [-0.05, 0) is 35.9 Å². The van der Waals surface area contributed by atoms with Crippen molar-refractivity contribution in [1.82, 2.24) is 4.90 Å². The molecule has 2 N–H and O–H groups in total. The van der Waals surface area contributed by atoms with Crippen molar-refractivity contribution >= 4 is 23.5 Å². The summed E-state index contributed by atoms with van der Waals surface area (Å²) in [4.78, 5) is 36.7. The molecule has 7 nitrogen and oxygen atoms in total. The van der Waals surface area contributed by atoms with Crippen LogP contribution in [0.4, 0.5) is 5.69 Å². The van der Waals surface area contributed by atoms with Crippen LogP contribution in [0, 0.1) is 0 Å². The number of nitrogens with one attached hydrogen (secondary N) is 1. The van der Waals surface area contributed by atoms with E-state index in [0.717, 1.165) is 5.56 Å². The Balaban J connectivity index is 1.70. The first kappa shape index (κ1) is 17.6. The standard InChI is InChI=1S/C19H18N2O5/c1-26-9-8-21-17(22)15-7-6-14(10-16(15)18(21)23)20-11-12-2-4-13(5-3-12)19(24)25/h2-7,10,20H,8-9,11H2,1H3,(H,24,25). The van der Waals surface area contributed by atoms with Crippen LogP contribution in [0.1, 0.15) is 36.6 Å². The molecule has 2 amide bonds. The highest BCUT2D eigenvalue weighted by molar-refractivity contribution is 6.21. The van der Waals surface area contributed by atoms with Gasteiger partial charge in [0.2, 0.25) is 0 Å². The van der Waals surface area contributed by atoms with Crippen molar-refractivity contribution in [2.45, 2.75) is 6.54 Å². The summed E-state index contributed by atoms with van der Waals surface area (Å²) in [6, 6.07) is 11.6. The average Bonchev–Trinajstić information content (AvgIpc) is 2.89. The number of carbonyl (C=O) groups is 3. The second-order valence-corrected chi connectivity index (χ2v) is 5.87. The van der Waals surface area contributed by atoms with Gasteiger partial charge in [0.05, 0.1) is 29.8 Å².